The van der Waals surface area contributed by atoms with Crippen LogP contribution in [-0.2, 0) is 0 Å². The summed E-state index contributed by atoms with van der Waals surface area (Å²) < 4.78 is 0. The van der Waals surface area contributed by atoms with Gasteiger partial charge in [0.25, 0.3) is 5.91 Å². The lowest BCUT2D eigenvalue weighted by Gasteiger charge is -2.28. The highest BCUT2D eigenvalue weighted by molar-refractivity contribution is 6.18. The van der Waals surface area contributed by atoms with Crippen molar-refractivity contribution in [1.82, 2.24) is 9.88 Å². The molecule has 0 unspecified atom stereocenters. The molecule has 1 amide bonds. The highest BCUT2D eigenvalue weighted by Gasteiger charge is 2.25. The van der Waals surface area contributed by atoms with Crippen LogP contribution in [0.1, 0.15) is 37.2 Å². The summed E-state index contributed by atoms with van der Waals surface area (Å²) in [4.78, 5) is 26.6. The Kier molecular flexibility index (Phi) is 5.82. The molecule has 6 nitrogen and oxygen atoms in total. The molecule has 7 heteroatoms. The van der Waals surface area contributed by atoms with Crippen molar-refractivity contribution in [2.75, 3.05) is 12.4 Å². The van der Waals surface area contributed by atoms with Crippen molar-refractivity contribution >= 4 is 23.3 Å². The van der Waals surface area contributed by atoms with Gasteiger partial charge in [0.1, 0.15) is 0 Å². The van der Waals surface area contributed by atoms with Gasteiger partial charge in [0.15, 0.2) is 5.69 Å². The molecule has 0 atom stereocenters. The van der Waals surface area contributed by atoms with E-state index in [4.69, 9.17) is 11.6 Å². The molecule has 0 radical (unpaired) electrons. The van der Waals surface area contributed by atoms with Gasteiger partial charge < -0.3 is 15.0 Å². The van der Waals surface area contributed by atoms with E-state index < -0.39 is 4.92 Å². The molecule has 1 N–H and O–H groups in total. The van der Waals surface area contributed by atoms with Crippen LogP contribution in [-0.4, -0.2) is 39.2 Å². The molecule has 0 aromatic carbocycles. The molecular weight excluding hydrogens is 270 g/mol. The lowest BCUT2D eigenvalue weighted by atomic mass is 10.1. The number of H-pyrrole nitrogens is 1. The summed E-state index contributed by atoms with van der Waals surface area (Å²) >= 11 is 5.73. The average molecular weight is 288 g/mol. The molecule has 1 rings (SSSR count). The van der Waals surface area contributed by atoms with Crippen LogP contribution in [0.2, 0.25) is 0 Å². The second-order valence-corrected chi connectivity index (χ2v) is 4.55. The van der Waals surface area contributed by atoms with E-state index in [1.165, 1.54) is 12.1 Å². The quantitative estimate of drug-likeness (QED) is 0.476. The third kappa shape index (κ3) is 3.70. The van der Waals surface area contributed by atoms with Crippen LogP contribution in [0.4, 0.5) is 5.82 Å². The van der Waals surface area contributed by atoms with Crippen LogP contribution in [0.15, 0.2) is 12.1 Å². The van der Waals surface area contributed by atoms with E-state index >= 15 is 0 Å². The Labute approximate surface area is 116 Å². The van der Waals surface area contributed by atoms with Crippen LogP contribution >= 0.6 is 11.6 Å². The number of carbonyl (C=O) groups is 1. The SMILES string of the molecule is CCC(CC)N(CCCl)C(=O)c1ccc([N+](=O)[O-])[nH]1. The largest absolute Gasteiger partial charge is 0.358 e. The smallest absolute Gasteiger partial charge is 0.321 e. The van der Waals surface area contributed by atoms with Gasteiger partial charge in [-0.05, 0) is 23.8 Å². The maximum atomic E-state index is 12.3. The number of nitrogens with zero attached hydrogens (tertiary/aromatic N) is 2. The van der Waals surface area contributed by atoms with Gasteiger partial charge in [0.2, 0.25) is 0 Å². The predicted octanol–water partition coefficient (Wildman–Crippen LogP) is 2.79. The van der Waals surface area contributed by atoms with E-state index in [-0.39, 0.29) is 23.5 Å². The highest BCUT2D eigenvalue weighted by Crippen LogP contribution is 2.16. The fourth-order valence-electron chi connectivity index (χ4n) is 2.04. The minimum Gasteiger partial charge on any atom is -0.358 e. The maximum absolute atomic E-state index is 12.3. The lowest BCUT2D eigenvalue weighted by Crippen LogP contribution is -2.41. The average Bonchev–Trinajstić information content (AvgIpc) is 2.88. The molecule has 0 aliphatic rings. The third-order valence-corrected chi connectivity index (χ3v) is 3.24. The van der Waals surface area contributed by atoms with Crippen LogP contribution in [0.25, 0.3) is 0 Å². The molecule has 0 spiro atoms. The number of carbonyl (C=O) groups excluding carboxylic acids is 1. The number of nitrogens with one attached hydrogen (secondary N) is 1. The Bertz CT molecular complexity index is 443. The molecule has 106 valence electrons. The summed E-state index contributed by atoms with van der Waals surface area (Å²) in [5.74, 6) is -0.0911. The number of rotatable bonds is 7. The number of hydrogen-bond acceptors (Lipinski definition) is 3. The normalized spacial score (nSPS) is 10.7. The Hall–Kier alpha value is -1.56. The van der Waals surface area contributed by atoms with Gasteiger partial charge >= 0.3 is 5.82 Å². The number of aromatic amines is 1. The van der Waals surface area contributed by atoms with Crippen molar-refractivity contribution in [2.24, 2.45) is 0 Å². The molecule has 1 aromatic rings. The van der Waals surface area contributed by atoms with Crippen molar-refractivity contribution in [2.45, 2.75) is 32.7 Å². The zero-order chi connectivity index (χ0) is 14.4. The molecule has 1 heterocycles. The summed E-state index contributed by atoms with van der Waals surface area (Å²) in [7, 11) is 0. The fourth-order valence-corrected chi connectivity index (χ4v) is 2.22. The molecular formula is C12H18ClN3O3. The molecule has 0 fully saturated rings. The van der Waals surface area contributed by atoms with Gasteiger partial charge in [0, 0.05) is 24.5 Å². The topological polar surface area (TPSA) is 79.2 Å². The van der Waals surface area contributed by atoms with E-state index in [0.29, 0.717) is 12.4 Å². The van der Waals surface area contributed by atoms with Crippen molar-refractivity contribution < 1.29 is 9.72 Å². The number of aromatic nitrogens is 1. The molecule has 0 aliphatic carbocycles. The summed E-state index contributed by atoms with van der Waals surface area (Å²) in [5, 5.41) is 10.6. The van der Waals surface area contributed by atoms with Crippen LogP contribution in [0.5, 0.6) is 0 Å². The second-order valence-electron chi connectivity index (χ2n) is 4.17. The molecule has 19 heavy (non-hydrogen) atoms. The minimum absolute atomic E-state index is 0.0913. The summed E-state index contributed by atoms with van der Waals surface area (Å²) in [6, 6.07) is 2.82. The van der Waals surface area contributed by atoms with Gasteiger partial charge in [-0.2, -0.15) is 0 Å². The van der Waals surface area contributed by atoms with Gasteiger partial charge in [-0.15, -0.1) is 11.6 Å². The molecule has 0 aliphatic heterocycles. The zero-order valence-corrected chi connectivity index (χ0v) is 11.8. The van der Waals surface area contributed by atoms with Gasteiger partial charge in [-0.1, -0.05) is 13.8 Å². The highest BCUT2D eigenvalue weighted by atomic mass is 35.5. The first-order valence-electron chi connectivity index (χ1n) is 6.25. The first-order chi connectivity index (χ1) is 9.04. The molecule has 0 bridgehead atoms. The molecule has 0 saturated heterocycles. The Morgan fingerprint density at radius 3 is 2.53 bits per heavy atom. The van der Waals surface area contributed by atoms with E-state index in [9.17, 15) is 14.9 Å². The molecule has 0 saturated carbocycles. The minimum atomic E-state index is -0.556. The summed E-state index contributed by atoms with van der Waals surface area (Å²) in [6.07, 6.45) is 1.64. The van der Waals surface area contributed by atoms with E-state index in [1.807, 2.05) is 13.8 Å². The van der Waals surface area contributed by atoms with Crippen molar-refractivity contribution in [3.8, 4) is 0 Å². The second kappa shape index (κ2) is 7.13. The van der Waals surface area contributed by atoms with E-state index in [0.717, 1.165) is 12.8 Å². The van der Waals surface area contributed by atoms with Crippen LogP contribution in [0.3, 0.4) is 0 Å². The van der Waals surface area contributed by atoms with Gasteiger partial charge in [0.05, 0.1) is 0 Å². The Balaban J connectivity index is 2.94. The summed E-state index contributed by atoms with van der Waals surface area (Å²) in [6.45, 7) is 4.43. The third-order valence-electron chi connectivity index (χ3n) is 3.07. The number of amides is 1. The maximum Gasteiger partial charge on any atom is 0.321 e. The standard InChI is InChI=1S/C12H18ClN3O3/c1-3-9(4-2)15(8-7-13)12(17)10-5-6-11(14-10)16(18)19/h5-6,9,14H,3-4,7-8H2,1-2H3. The first-order valence-corrected chi connectivity index (χ1v) is 6.78. The van der Waals surface area contributed by atoms with Crippen molar-refractivity contribution in [3.05, 3.63) is 27.9 Å². The lowest BCUT2D eigenvalue weighted by molar-refractivity contribution is -0.389. The monoisotopic (exact) mass is 287 g/mol. The van der Waals surface area contributed by atoms with Gasteiger partial charge in [-0.25, -0.2) is 4.98 Å². The molecule has 1 aromatic heterocycles. The van der Waals surface area contributed by atoms with Crippen LogP contribution < -0.4 is 0 Å². The van der Waals surface area contributed by atoms with Crippen molar-refractivity contribution in [3.63, 3.8) is 0 Å². The van der Waals surface area contributed by atoms with Crippen molar-refractivity contribution in [1.29, 1.82) is 0 Å². The van der Waals surface area contributed by atoms with E-state index in [1.54, 1.807) is 4.90 Å². The summed E-state index contributed by atoms with van der Waals surface area (Å²) in [5.41, 5.74) is 0.226. The fraction of sp³-hybridized carbons (Fsp3) is 0.583. The van der Waals surface area contributed by atoms with E-state index in [2.05, 4.69) is 4.98 Å². The number of halogens is 1. The first kappa shape index (κ1) is 15.5. The number of hydrogen-bond donors (Lipinski definition) is 1. The number of nitro groups is 1. The number of alkyl halides is 1. The van der Waals surface area contributed by atoms with Gasteiger partial charge in [-0.3, -0.25) is 4.79 Å². The predicted molar refractivity (Wildman–Crippen MR) is 73.6 cm³/mol. The zero-order valence-electron chi connectivity index (χ0n) is 11.1. The Morgan fingerprint density at radius 2 is 2.11 bits per heavy atom. The van der Waals surface area contributed by atoms with Crippen LogP contribution in [0, 0.1) is 10.1 Å². The Morgan fingerprint density at radius 1 is 1.47 bits per heavy atom.